The van der Waals surface area contributed by atoms with Crippen LogP contribution in [0, 0.1) is 6.92 Å². The second-order valence-electron chi connectivity index (χ2n) is 6.07. The van der Waals surface area contributed by atoms with Crippen molar-refractivity contribution in [3.8, 4) is 17.2 Å². The summed E-state index contributed by atoms with van der Waals surface area (Å²) in [6, 6.07) is 11.0. The maximum atomic E-state index is 12.0. The van der Waals surface area contributed by atoms with Gasteiger partial charge in [-0.25, -0.2) is 0 Å². The van der Waals surface area contributed by atoms with Crippen LogP contribution >= 0.6 is 0 Å². The molecule has 2 aromatic carbocycles. The Bertz CT molecular complexity index is 808. The highest BCUT2D eigenvalue weighted by atomic mass is 16.5. The smallest absolute Gasteiger partial charge is 0.310 e. The number of carbonyl (C=O) groups excluding carboxylic acids is 2. The van der Waals surface area contributed by atoms with Gasteiger partial charge in [-0.2, -0.15) is 0 Å². The number of amides is 1. The topological polar surface area (TPSA) is 83.1 Å². The molecule has 7 nitrogen and oxygen atoms in total. The Hall–Kier alpha value is -3.22. The first kappa shape index (κ1) is 21.1. The number of benzene rings is 2. The van der Waals surface area contributed by atoms with Crippen molar-refractivity contribution in [2.75, 3.05) is 27.9 Å². The fourth-order valence-corrected chi connectivity index (χ4v) is 2.65. The Balaban J connectivity index is 1.87. The van der Waals surface area contributed by atoms with Crippen LogP contribution in [0.4, 0.5) is 0 Å². The van der Waals surface area contributed by atoms with Crippen LogP contribution in [0.25, 0.3) is 0 Å². The number of carbonyl (C=O) groups is 2. The van der Waals surface area contributed by atoms with Crippen molar-refractivity contribution in [3.05, 3.63) is 53.1 Å². The predicted octanol–water partition coefficient (Wildman–Crippen LogP) is 2.42. The quantitative estimate of drug-likeness (QED) is 0.666. The molecule has 1 amide bonds. The molecule has 150 valence electrons. The molecule has 0 radical (unpaired) electrons. The molecule has 0 fully saturated rings. The maximum Gasteiger partial charge on any atom is 0.310 e. The van der Waals surface area contributed by atoms with E-state index in [0.717, 1.165) is 16.7 Å². The summed E-state index contributed by atoms with van der Waals surface area (Å²) >= 11 is 0. The molecule has 0 saturated heterocycles. The number of esters is 1. The molecule has 0 atom stereocenters. The molecule has 0 aliphatic rings. The van der Waals surface area contributed by atoms with E-state index in [0.29, 0.717) is 17.2 Å². The first-order chi connectivity index (χ1) is 13.5. The summed E-state index contributed by atoms with van der Waals surface area (Å²) in [5.74, 6) is 0.626. The molecule has 0 aliphatic heterocycles. The van der Waals surface area contributed by atoms with Gasteiger partial charge in [0.1, 0.15) is 0 Å². The summed E-state index contributed by atoms with van der Waals surface area (Å²) in [5.41, 5.74) is 2.64. The highest BCUT2D eigenvalue weighted by Gasteiger charge is 2.14. The van der Waals surface area contributed by atoms with Crippen molar-refractivity contribution in [1.82, 2.24) is 5.32 Å². The van der Waals surface area contributed by atoms with Crippen molar-refractivity contribution >= 4 is 11.9 Å². The summed E-state index contributed by atoms with van der Waals surface area (Å²) < 4.78 is 20.9. The van der Waals surface area contributed by atoms with Gasteiger partial charge in [-0.05, 0) is 35.7 Å². The van der Waals surface area contributed by atoms with Crippen LogP contribution < -0.4 is 19.5 Å². The molecule has 0 aromatic heterocycles. The highest BCUT2D eigenvalue weighted by molar-refractivity contribution is 5.81. The second kappa shape index (κ2) is 10.2. The molecule has 0 aliphatic carbocycles. The Morgan fingerprint density at radius 3 is 2.18 bits per heavy atom. The van der Waals surface area contributed by atoms with E-state index in [1.54, 1.807) is 12.1 Å². The zero-order valence-corrected chi connectivity index (χ0v) is 16.5. The third-order valence-electron chi connectivity index (χ3n) is 4.17. The van der Waals surface area contributed by atoms with E-state index in [2.05, 4.69) is 5.32 Å². The fourth-order valence-electron chi connectivity index (χ4n) is 2.65. The van der Waals surface area contributed by atoms with E-state index >= 15 is 0 Å². The molecule has 2 rings (SSSR count). The monoisotopic (exact) mass is 387 g/mol. The van der Waals surface area contributed by atoms with Crippen molar-refractivity contribution < 1.29 is 28.5 Å². The molecule has 0 spiro atoms. The predicted molar refractivity (Wildman–Crippen MR) is 104 cm³/mol. The van der Waals surface area contributed by atoms with Gasteiger partial charge in [0.25, 0.3) is 5.91 Å². The lowest BCUT2D eigenvalue weighted by Crippen LogP contribution is -2.28. The van der Waals surface area contributed by atoms with E-state index in [4.69, 9.17) is 18.9 Å². The average Bonchev–Trinajstić information content (AvgIpc) is 2.71. The Morgan fingerprint density at radius 2 is 1.61 bits per heavy atom. The summed E-state index contributed by atoms with van der Waals surface area (Å²) in [6.45, 7) is 1.81. The number of hydrogen-bond acceptors (Lipinski definition) is 6. The zero-order valence-electron chi connectivity index (χ0n) is 16.5. The molecule has 0 bridgehead atoms. The van der Waals surface area contributed by atoms with Crippen LogP contribution in [0.1, 0.15) is 16.7 Å². The third kappa shape index (κ3) is 5.64. The van der Waals surface area contributed by atoms with Crippen LogP contribution in [0.2, 0.25) is 0 Å². The number of hydrogen-bond donors (Lipinski definition) is 1. The SMILES string of the molecule is COc1cc(CNC(=O)COC(=O)Cc2ccccc2C)cc(OC)c1OC. The van der Waals surface area contributed by atoms with Crippen molar-refractivity contribution in [3.63, 3.8) is 0 Å². The van der Waals surface area contributed by atoms with Gasteiger partial charge in [-0.3, -0.25) is 9.59 Å². The van der Waals surface area contributed by atoms with Gasteiger partial charge in [0, 0.05) is 6.54 Å². The minimum Gasteiger partial charge on any atom is -0.493 e. The maximum absolute atomic E-state index is 12.0. The highest BCUT2D eigenvalue weighted by Crippen LogP contribution is 2.38. The molecule has 28 heavy (non-hydrogen) atoms. The third-order valence-corrected chi connectivity index (χ3v) is 4.17. The normalized spacial score (nSPS) is 10.1. The Labute approximate surface area is 164 Å². The molecule has 1 N–H and O–H groups in total. The summed E-state index contributed by atoms with van der Waals surface area (Å²) in [6.07, 6.45) is 0.132. The molecular formula is C21H25NO6. The minimum atomic E-state index is -0.447. The first-order valence-electron chi connectivity index (χ1n) is 8.74. The largest absolute Gasteiger partial charge is 0.493 e. The van der Waals surface area contributed by atoms with Crippen molar-refractivity contribution in [2.45, 2.75) is 19.9 Å². The van der Waals surface area contributed by atoms with Crippen molar-refractivity contribution in [2.24, 2.45) is 0 Å². The van der Waals surface area contributed by atoms with Gasteiger partial charge >= 0.3 is 5.97 Å². The van der Waals surface area contributed by atoms with Gasteiger partial charge in [-0.15, -0.1) is 0 Å². The van der Waals surface area contributed by atoms with E-state index in [1.807, 2.05) is 31.2 Å². The first-order valence-corrected chi connectivity index (χ1v) is 8.74. The van der Waals surface area contributed by atoms with Crippen LogP contribution in [-0.4, -0.2) is 39.8 Å². The summed E-state index contributed by atoms with van der Waals surface area (Å²) in [5, 5.41) is 2.70. The summed E-state index contributed by atoms with van der Waals surface area (Å²) in [7, 11) is 4.56. The fraction of sp³-hybridized carbons (Fsp3) is 0.333. The van der Waals surface area contributed by atoms with E-state index in [1.165, 1.54) is 21.3 Å². The number of aryl methyl sites for hydroxylation is 1. The number of ether oxygens (including phenoxy) is 4. The lowest BCUT2D eigenvalue weighted by Gasteiger charge is -2.14. The molecule has 0 heterocycles. The van der Waals surface area contributed by atoms with Gasteiger partial charge in [0.05, 0.1) is 27.8 Å². The molecule has 2 aromatic rings. The zero-order chi connectivity index (χ0) is 20.5. The second-order valence-corrected chi connectivity index (χ2v) is 6.07. The Kier molecular flexibility index (Phi) is 7.68. The van der Waals surface area contributed by atoms with Gasteiger partial charge in [0.15, 0.2) is 18.1 Å². The van der Waals surface area contributed by atoms with Crippen LogP contribution in [0.3, 0.4) is 0 Å². The molecule has 0 saturated carbocycles. The standard InChI is InChI=1S/C21H25NO6/c1-14-7-5-6-8-16(14)11-20(24)28-13-19(23)22-12-15-9-17(25-2)21(27-4)18(10-15)26-3/h5-10H,11-13H2,1-4H3,(H,22,23). The van der Waals surface area contributed by atoms with Gasteiger partial charge in [0.2, 0.25) is 5.75 Å². The number of rotatable bonds is 9. The lowest BCUT2D eigenvalue weighted by molar-refractivity contribution is -0.147. The molecular weight excluding hydrogens is 362 g/mol. The van der Waals surface area contributed by atoms with Crippen LogP contribution in [0.5, 0.6) is 17.2 Å². The van der Waals surface area contributed by atoms with Crippen molar-refractivity contribution in [1.29, 1.82) is 0 Å². The summed E-state index contributed by atoms with van der Waals surface area (Å²) in [4.78, 5) is 23.9. The van der Waals surface area contributed by atoms with E-state index in [-0.39, 0.29) is 19.6 Å². The van der Waals surface area contributed by atoms with Gasteiger partial charge < -0.3 is 24.3 Å². The lowest BCUT2D eigenvalue weighted by atomic mass is 10.1. The van der Waals surface area contributed by atoms with E-state index in [9.17, 15) is 9.59 Å². The van der Waals surface area contributed by atoms with Gasteiger partial charge in [-0.1, -0.05) is 24.3 Å². The minimum absolute atomic E-state index is 0.132. The Morgan fingerprint density at radius 1 is 0.964 bits per heavy atom. The number of methoxy groups -OCH3 is 3. The van der Waals surface area contributed by atoms with Crippen LogP contribution in [0.15, 0.2) is 36.4 Å². The molecule has 0 unspecified atom stereocenters. The molecule has 7 heteroatoms. The van der Waals surface area contributed by atoms with E-state index < -0.39 is 11.9 Å². The average molecular weight is 387 g/mol. The number of nitrogens with one attached hydrogen (secondary N) is 1. The van der Waals surface area contributed by atoms with Crippen LogP contribution in [-0.2, 0) is 27.3 Å².